The van der Waals surface area contributed by atoms with E-state index in [-0.39, 0.29) is 36.4 Å². The first-order valence-corrected chi connectivity index (χ1v) is 6.91. The Labute approximate surface area is 140 Å². The van der Waals surface area contributed by atoms with Crippen molar-refractivity contribution in [2.45, 2.75) is 12.5 Å². The lowest BCUT2D eigenvalue weighted by Crippen LogP contribution is -2.30. The van der Waals surface area contributed by atoms with Crippen molar-refractivity contribution in [1.82, 2.24) is 0 Å². The van der Waals surface area contributed by atoms with Crippen molar-refractivity contribution >= 4 is 18.4 Å². The molecule has 1 unspecified atom stereocenters. The van der Waals surface area contributed by atoms with Crippen LogP contribution in [0.25, 0.3) is 0 Å². The number of rotatable bonds is 6. The number of carbonyl (C=O) groups excluding carboxylic acids is 1. The van der Waals surface area contributed by atoms with E-state index in [2.05, 4.69) is 4.74 Å². The van der Waals surface area contributed by atoms with Crippen LogP contribution >= 0.6 is 12.4 Å². The summed E-state index contributed by atoms with van der Waals surface area (Å²) >= 11 is 0. The van der Waals surface area contributed by atoms with E-state index in [4.69, 9.17) is 10.5 Å². The summed E-state index contributed by atoms with van der Waals surface area (Å²) in [6, 6.07) is 13.7. The summed E-state index contributed by atoms with van der Waals surface area (Å²) in [7, 11) is 1.19. The molecule has 0 heterocycles. The Morgan fingerprint density at radius 3 is 2.52 bits per heavy atom. The Hall–Kier alpha value is -2.11. The maximum Gasteiger partial charge on any atom is 0.344 e. The van der Waals surface area contributed by atoms with Crippen LogP contribution in [0.2, 0.25) is 0 Å². The molecule has 124 valence electrons. The number of methoxy groups -OCH3 is 1. The summed E-state index contributed by atoms with van der Waals surface area (Å²) in [6.45, 7) is 0.169. The lowest BCUT2D eigenvalue weighted by Gasteiger charge is -2.15. The van der Waals surface area contributed by atoms with Crippen molar-refractivity contribution < 1.29 is 18.7 Å². The Morgan fingerprint density at radius 2 is 1.87 bits per heavy atom. The molecule has 4 nitrogen and oxygen atoms in total. The van der Waals surface area contributed by atoms with Gasteiger partial charge < -0.3 is 15.2 Å². The fourth-order valence-electron chi connectivity index (χ4n) is 2.10. The smallest absolute Gasteiger partial charge is 0.344 e. The minimum atomic E-state index is -0.773. The van der Waals surface area contributed by atoms with Crippen molar-refractivity contribution in [3.8, 4) is 5.75 Å². The van der Waals surface area contributed by atoms with Crippen molar-refractivity contribution in [1.29, 1.82) is 0 Å². The molecular formula is C17H19ClFNO3. The van der Waals surface area contributed by atoms with Gasteiger partial charge in [-0.15, -0.1) is 12.4 Å². The number of ether oxygens (including phenoxy) is 2. The maximum absolute atomic E-state index is 13.7. The second kappa shape index (κ2) is 9.12. The quantitative estimate of drug-likeness (QED) is 0.822. The highest BCUT2D eigenvalue weighted by Crippen LogP contribution is 2.22. The Kier molecular flexibility index (Phi) is 7.51. The molecule has 6 heteroatoms. The number of hydrogen-bond acceptors (Lipinski definition) is 4. The molecule has 1 atom stereocenters. The maximum atomic E-state index is 13.7. The topological polar surface area (TPSA) is 61.5 Å². The van der Waals surface area contributed by atoms with Crippen molar-refractivity contribution in [2.75, 3.05) is 13.7 Å². The Morgan fingerprint density at radius 1 is 1.17 bits per heavy atom. The fraction of sp³-hybridized carbons (Fsp3) is 0.235. The average molecular weight is 340 g/mol. The van der Waals surface area contributed by atoms with E-state index < -0.39 is 11.8 Å². The van der Waals surface area contributed by atoms with Gasteiger partial charge in [-0.05, 0) is 24.1 Å². The molecule has 0 radical (unpaired) electrons. The molecule has 0 fully saturated rings. The summed E-state index contributed by atoms with van der Waals surface area (Å²) in [5.41, 5.74) is 6.89. The third-order valence-electron chi connectivity index (χ3n) is 3.16. The van der Waals surface area contributed by atoms with E-state index >= 15 is 0 Å². The van der Waals surface area contributed by atoms with Crippen LogP contribution in [-0.2, 0) is 11.2 Å². The standard InChI is InChI=1S/C17H18FNO3.ClH/c1-21-17(20)16-14(18)8-5-9-15(16)22-11-13(19)10-12-6-3-2-4-7-12;/h2-9,13H,10-11,19H2,1H3;1H. The van der Waals surface area contributed by atoms with Crippen LogP contribution in [0.3, 0.4) is 0 Å². The number of benzene rings is 2. The first-order valence-electron chi connectivity index (χ1n) is 6.91. The molecule has 0 saturated heterocycles. The highest BCUT2D eigenvalue weighted by molar-refractivity contribution is 5.92. The van der Waals surface area contributed by atoms with Crippen LogP contribution in [0, 0.1) is 5.82 Å². The fourth-order valence-corrected chi connectivity index (χ4v) is 2.10. The van der Waals surface area contributed by atoms with Gasteiger partial charge >= 0.3 is 5.97 Å². The molecule has 2 rings (SSSR count). The largest absolute Gasteiger partial charge is 0.491 e. The predicted octanol–water partition coefficient (Wildman–Crippen LogP) is 2.98. The van der Waals surface area contributed by atoms with E-state index in [0.29, 0.717) is 6.42 Å². The van der Waals surface area contributed by atoms with E-state index in [1.165, 1.54) is 25.3 Å². The van der Waals surface area contributed by atoms with Crippen molar-refractivity contribution in [3.63, 3.8) is 0 Å². The van der Waals surface area contributed by atoms with E-state index in [0.717, 1.165) is 5.56 Å². The number of esters is 1. The first-order chi connectivity index (χ1) is 10.6. The third kappa shape index (κ3) is 5.23. The Bertz CT molecular complexity index is 637. The van der Waals surface area contributed by atoms with Crippen molar-refractivity contribution in [3.05, 3.63) is 65.5 Å². The summed E-state index contributed by atoms with van der Waals surface area (Å²) in [5.74, 6) is -1.32. The lowest BCUT2D eigenvalue weighted by molar-refractivity contribution is 0.0590. The molecule has 0 bridgehead atoms. The van der Waals surface area contributed by atoms with Crippen LogP contribution in [0.5, 0.6) is 5.75 Å². The van der Waals surface area contributed by atoms with Crippen LogP contribution in [0.4, 0.5) is 4.39 Å². The molecule has 2 aromatic rings. The second-order valence-corrected chi connectivity index (χ2v) is 4.87. The minimum Gasteiger partial charge on any atom is -0.491 e. The summed E-state index contributed by atoms with van der Waals surface area (Å²) in [5, 5.41) is 0. The summed E-state index contributed by atoms with van der Waals surface area (Å²) < 4.78 is 23.8. The van der Waals surface area contributed by atoms with Crippen LogP contribution in [0.15, 0.2) is 48.5 Å². The van der Waals surface area contributed by atoms with E-state index in [1.807, 2.05) is 30.3 Å². The molecule has 0 aliphatic carbocycles. The number of nitrogens with two attached hydrogens (primary N) is 1. The highest BCUT2D eigenvalue weighted by Gasteiger charge is 2.19. The third-order valence-corrected chi connectivity index (χ3v) is 3.16. The first kappa shape index (κ1) is 18.9. The molecule has 0 amide bonds. The molecule has 0 aromatic heterocycles. The van der Waals surface area contributed by atoms with Gasteiger partial charge in [-0.25, -0.2) is 9.18 Å². The lowest BCUT2D eigenvalue weighted by atomic mass is 10.1. The number of halogens is 2. The van der Waals surface area contributed by atoms with Gasteiger partial charge in [0.15, 0.2) is 0 Å². The zero-order chi connectivity index (χ0) is 15.9. The second-order valence-electron chi connectivity index (χ2n) is 4.87. The number of carbonyl (C=O) groups is 1. The molecule has 2 aromatic carbocycles. The molecule has 23 heavy (non-hydrogen) atoms. The van der Waals surface area contributed by atoms with Gasteiger partial charge in [0.1, 0.15) is 23.7 Å². The van der Waals surface area contributed by atoms with Crippen LogP contribution in [0.1, 0.15) is 15.9 Å². The highest BCUT2D eigenvalue weighted by atomic mass is 35.5. The van der Waals surface area contributed by atoms with Gasteiger partial charge in [-0.1, -0.05) is 36.4 Å². The molecule has 0 aliphatic heterocycles. The van der Waals surface area contributed by atoms with Gasteiger partial charge in [0.25, 0.3) is 0 Å². The monoisotopic (exact) mass is 339 g/mol. The summed E-state index contributed by atoms with van der Waals surface area (Å²) in [4.78, 5) is 11.6. The Balaban J connectivity index is 0.00000264. The molecule has 0 saturated carbocycles. The molecule has 0 aliphatic rings. The van der Waals surface area contributed by atoms with Gasteiger partial charge in [-0.2, -0.15) is 0 Å². The molecule has 0 spiro atoms. The normalized spacial score (nSPS) is 11.3. The van der Waals surface area contributed by atoms with Crippen LogP contribution in [-0.4, -0.2) is 25.7 Å². The van der Waals surface area contributed by atoms with Gasteiger partial charge in [-0.3, -0.25) is 0 Å². The van der Waals surface area contributed by atoms with Gasteiger partial charge in [0, 0.05) is 6.04 Å². The molecule has 2 N–H and O–H groups in total. The number of hydrogen-bond donors (Lipinski definition) is 1. The zero-order valence-corrected chi connectivity index (χ0v) is 13.5. The average Bonchev–Trinajstić information content (AvgIpc) is 2.53. The van der Waals surface area contributed by atoms with Gasteiger partial charge in [0.2, 0.25) is 0 Å². The summed E-state index contributed by atoms with van der Waals surface area (Å²) in [6.07, 6.45) is 0.629. The molecular weight excluding hydrogens is 321 g/mol. The predicted molar refractivity (Wildman–Crippen MR) is 88.6 cm³/mol. The SMILES string of the molecule is COC(=O)c1c(F)cccc1OCC(N)Cc1ccccc1.Cl. The van der Waals surface area contributed by atoms with Crippen LogP contribution < -0.4 is 10.5 Å². The zero-order valence-electron chi connectivity index (χ0n) is 12.7. The van der Waals surface area contributed by atoms with Crippen molar-refractivity contribution in [2.24, 2.45) is 5.73 Å². The minimum absolute atomic E-state index is 0. The van der Waals surface area contributed by atoms with E-state index in [1.54, 1.807) is 0 Å². The van der Waals surface area contributed by atoms with E-state index in [9.17, 15) is 9.18 Å². The van der Waals surface area contributed by atoms with Gasteiger partial charge in [0.05, 0.1) is 7.11 Å².